The summed E-state index contributed by atoms with van der Waals surface area (Å²) in [4.78, 5) is 13.8. The van der Waals surface area contributed by atoms with Gasteiger partial charge < -0.3 is 9.84 Å². The molecular formula is C11H21NO3. The average molecular weight is 215 g/mol. The number of hydrogen-bond acceptors (Lipinski definition) is 4. The van der Waals surface area contributed by atoms with Gasteiger partial charge in [0, 0.05) is 13.2 Å². The maximum absolute atomic E-state index is 11.7. The van der Waals surface area contributed by atoms with E-state index in [9.17, 15) is 4.79 Å². The van der Waals surface area contributed by atoms with Crippen LogP contribution in [0.1, 0.15) is 33.1 Å². The predicted molar refractivity (Wildman–Crippen MR) is 57.5 cm³/mol. The molecule has 0 spiro atoms. The van der Waals surface area contributed by atoms with E-state index in [1.54, 1.807) is 0 Å². The van der Waals surface area contributed by atoms with Gasteiger partial charge in [0.15, 0.2) is 0 Å². The molecule has 1 aliphatic heterocycles. The van der Waals surface area contributed by atoms with Gasteiger partial charge in [0.25, 0.3) is 0 Å². The average Bonchev–Trinajstić information content (AvgIpc) is 2.61. The van der Waals surface area contributed by atoms with Gasteiger partial charge in [-0.05, 0) is 39.7 Å². The summed E-state index contributed by atoms with van der Waals surface area (Å²) in [7, 11) is 0. The van der Waals surface area contributed by atoms with E-state index >= 15 is 0 Å². The third kappa shape index (κ3) is 3.80. The zero-order valence-corrected chi connectivity index (χ0v) is 9.61. The second-order valence-electron chi connectivity index (χ2n) is 4.26. The fraction of sp³-hybridized carbons (Fsp3) is 0.909. The Bertz CT molecular complexity index is 206. The summed E-state index contributed by atoms with van der Waals surface area (Å²) < 4.78 is 5.20. The van der Waals surface area contributed by atoms with Gasteiger partial charge in [0.2, 0.25) is 0 Å². The maximum Gasteiger partial charge on any atom is 0.323 e. The minimum atomic E-state index is -0.111. The molecule has 0 saturated carbocycles. The molecule has 0 radical (unpaired) electrons. The van der Waals surface area contributed by atoms with Crippen LogP contribution in [-0.4, -0.2) is 47.8 Å². The van der Waals surface area contributed by atoms with Crippen molar-refractivity contribution in [1.29, 1.82) is 0 Å². The standard InChI is InChI=1S/C11H21NO3/c1-9(2)15-11(14)10-5-3-6-12(10)7-4-8-13/h9-10,13H,3-8H2,1-2H3/t10-/m0/s1. The lowest BCUT2D eigenvalue weighted by Gasteiger charge is -2.23. The SMILES string of the molecule is CC(C)OC(=O)[C@@H]1CCCN1CCCO. The van der Waals surface area contributed by atoms with Crippen LogP contribution in [-0.2, 0) is 9.53 Å². The van der Waals surface area contributed by atoms with Crippen molar-refractivity contribution < 1.29 is 14.6 Å². The topological polar surface area (TPSA) is 49.8 Å². The molecule has 0 amide bonds. The lowest BCUT2D eigenvalue weighted by molar-refractivity contribution is -0.152. The molecule has 1 atom stereocenters. The summed E-state index contributed by atoms with van der Waals surface area (Å²) in [5, 5.41) is 8.75. The number of aliphatic hydroxyl groups excluding tert-OH is 1. The van der Waals surface area contributed by atoms with Crippen molar-refractivity contribution in [3.05, 3.63) is 0 Å². The summed E-state index contributed by atoms with van der Waals surface area (Å²) >= 11 is 0. The van der Waals surface area contributed by atoms with Gasteiger partial charge in [-0.3, -0.25) is 9.69 Å². The maximum atomic E-state index is 11.7. The van der Waals surface area contributed by atoms with Crippen molar-refractivity contribution in [2.75, 3.05) is 19.7 Å². The van der Waals surface area contributed by atoms with E-state index in [0.717, 1.165) is 32.4 Å². The quantitative estimate of drug-likeness (QED) is 0.689. The Labute approximate surface area is 91.2 Å². The lowest BCUT2D eigenvalue weighted by atomic mass is 10.2. The molecule has 4 heteroatoms. The highest BCUT2D eigenvalue weighted by molar-refractivity contribution is 5.76. The van der Waals surface area contributed by atoms with Gasteiger partial charge in [-0.2, -0.15) is 0 Å². The van der Waals surface area contributed by atoms with E-state index < -0.39 is 0 Å². The number of likely N-dealkylation sites (tertiary alicyclic amines) is 1. The van der Waals surface area contributed by atoms with Crippen LogP contribution in [0, 0.1) is 0 Å². The molecular weight excluding hydrogens is 194 g/mol. The van der Waals surface area contributed by atoms with Crippen LogP contribution < -0.4 is 0 Å². The summed E-state index contributed by atoms with van der Waals surface area (Å²) in [6, 6.07) is -0.0843. The molecule has 1 aliphatic rings. The lowest BCUT2D eigenvalue weighted by Crippen LogP contribution is -2.39. The van der Waals surface area contributed by atoms with E-state index in [2.05, 4.69) is 4.90 Å². The molecule has 88 valence electrons. The third-order valence-corrected chi connectivity index (χ3v) is 2.59. The van der Waals surface area contributed by atoms with Crippen molar-refractivity contribution in [3.63, 3.8) is 0 Å². The van der Waals surface area contributed by atoms with Crippen LogP contribution in [0.4, 0.5) is 0 Å². The first-order valence-electron chi connectivity index (χ1n) is 5.70. The summed E-state index contributed by atoms with van der Waals surface area (Å²) in [5.41, 5.74) is 0. The van der Waals surface area contributed by atoms with Gasteiger partial charge in [-0.25, -0.2) is 0 Å². The fourth-order valence-electron chi connectivity index (χ4n) is 1.95. The van der Waals surface area contributed by atoms with E-state index in [4.69, 9.17) is 9.84 Å². The largest absolute Gasteiger partial charge is 0.462 e. The predicted octanol–water partition coefficient (Wildman–Crippen LogP) is 0.785. The summed E-state index contributed by atoms with van der Waals surface area (Å²) in [5.74, 6) is -0.111. The second-order valence-corrected chi connectivity index (χ2v) is 4.26. The molecule has 1 heterocycles. The molecule has 1 N–H and O–H groups in total. The molecule has 1 fully saturated rings. The van der Waals surface area contributed by atoms with Gasteiger partial charge >= 0.3 is 5.97 Å². The van der Waals surface area contributed by atoms with Crippen LogP contribution in [0.25, 0.3) is 0 Å². The zero-order chi connectivity index (χ0) is 11.3. The highest BCUT2D eigenvalue weighted by Gasteiger charge is 2.31. The van der Waals surface area contributed by atoms with Gasteiger partial charge in [0.1, 0.15) is 6.04 Å². The monoisotopic (exact) mass is 215 g/mol. The molecule has 0 bridgehead atoms. The van der Waals surface area contributed by atoms with Crippen LogP contribution in [0.2, 0.25) is 0 Å². The van der Waals surface area contributed by atoms with E-state index in [1.165, 1.54) is 0 Å². The van der Waals surface area contributed by atoms with Crippen molar-refractivity contribution in [2.24, 2.45) is 0 Å². The normalized spacial score (nSPS) is 22.3. The Morgan fingerprint density at radius 2 is 2.33 bits per heavy atom. The summed E-state index contributed by atoms with van der Waals surface area (Å²) in [6.07, 6.45) is 2.61. The number of rotatable bonds is 5. The second kappa shape index (κ2) is 6.08. The minimum absolute atomic E-state index is 0.0437. The van der Waals surface area contributed by atoms with Gasteiger partial charge in [-0.1, -0.05) is 0 Å². The molecule has 1 saturated heterocycles. The van der Waals surface area contributed by atoms with Crippen LogP contribution in [0.15, 0.2) is 0 Å². The van der Waals surface area contributed by atoms with Gasteiger partial charge in [-0.15, -0.1) is 0 Å². The van der Waals surface area contributed by atoms with Gasteiger partial charge in [0.05, 0.1) is 6.10 Å². The molecule has 0 aliphatic carbocycles. The zero-order valence-electron chi connectivity index (χ0n) is 9.61. The first-order valence-corrected chi connectivity index (χ1v) is 5.70. The molecule has 0 aromatic carbocycles. The number of aliphatic hydroxyl groups is 1. The van der Waals surface area contributed by atoms with Crippen molar-refractivity contribution in [1.82, 2.24) is 4.90 Å². The Balaban J connectivity index is 2.41. The number of carbonyl (C=O) groups is 1. The number of carbonyl (C=O) groups excluding carboxylic acids is 1. The Kier molecular flexibility index (Phi) is 5.05. The first-order chi connectivity index (χ1) is 7.15. The third-order valence-electron chi connectivity index (χ3n) is 2.59. The molecule has 15 heavy (non-hydrogen) atoms. The Hall–Kier alpha value is -0.610. The van der Waals surface area contributed by atoms with Crippen molar-refractivity contribution in [2.45, 2.75) is 45.3 Å². The minimum Gasteiger partial charge on any atom is -0.462 e. The molecule has 1 rings (SSSR count). The van der Waals surface area contributed by atoms with Crippen LogP contribution in [0.3, 0.4) is 0 Å². The van der Waals surface area contributed by atoms with E-state index in [-0.39, 0.29) is 24.7 Å². The summed E-state index contributed by atoms with van der Waals surface area (Å²) in [6.45, 7) is 5.64. The highest BCUT2D eigenvalue weighted by atomic mass is 16.5. The number of esters is 1. The fourth-order valence-corrected chi connectivity index (χ4v) is 1.95. The molecule has 0 aromatic heterocycles. The van der Waals surface area contributed by atoms with Crippen LogP contribution >= 0.6 is 0 Å². The van der Waals surface area contributed by atoms with Crippen LogP contribution in [0.5, 0.6) is 0 Å². The first kappa shape index (κ1) is 12.5. The van der Waals surface area contributed by atoms with E-state index in [1.807, 2.05) is 13.8 Å². The van der Waals surface area contributed by atoms with Crippen molar-refractivity contribution in [3.8, 4) is 0 Å². The van der Waals surface area contributed by atoms with Crippen molar-refractivity contribution >= 4 is 5.97 Å². The van der Waals surface area contributed by atoms with E-state index in [0.29, 0.717) is 0 Å². The Morgan fingerprint density at radius 1 is 1.60 bits per heavy atom. The molecule has 4 nitrogen and oxygen atoms in total. The molecule has 0 aromatic rings. The smallest absolute Gasteiger partial charge is 0.323 e. The number of nitrogens with zero attached hydrogens (tertiary/aromatic N) is 1. The highest BCUT2D eigenvalue weighted by Crippen LogP contribution is 2.19. The number of ether oxygens (including phenoxy) is 1. The Morgan fingerprint density at radius 3 is 2.93 bits per heavy atom. The number of hydrogen-bond donors (Lipinski definition) is 1. The molecule has 0 unspecified atom stereocenters.